The Morgan fingerprint density at radius 1 is 0.589 bits per heavy atom. The summed E-state index contributed by atoms with van der Waals surface area (Å²) in [6, 6.07) is 7.89. The number of ether oxygens (including phenoxy) is 13. The molecule has 0 saturated carbocycles. The van der Waals surface area contributed by atoms with Crippen LogP contribution in [0.2, 0.25) is 0 Å². The summed E-state index contributed by atoms with van der Waals surface area (Å²) >= 11 is 0. The summed E-state index contributed by atoms with van der Waals surface area (Å²) in [4.78, 5) is 84.7. The monoisotopic (exact) mass is 1510 g/mol. The van der Waals surface area contributed by atoms with Gasteiger partial charge in [0.15, 0.2) is 11.6 Å². The third kappa shape index (κ3) is 27.9. The standard InChI is InChI=1S/C71H98F4N14O18/c1-6-79-56(41-48(3)76)68(93)82-70-80-54-43-50(66(77)91)45-58(95-5)63(54)87(70)13-8-9-14-88-64-55(81-71(88)83-69(94)57-42-49(4)84-89(57)7-2)44-51(67(78)92)46-59(64)106-20-10-12-85-15-17-86(18-16-85)19-22-97-24-26-99-28-30-101-32-34-103-36-38-105-40-39-104-37-35-102-33-31-100-29-27-98-25-23-96-21-11-60(90)107-65-61(74)52(72)47-53(73)62(65)75/h8-9,41-47,76,79H,6-7,10-40H2,1-5H3,(H2,77,91)(H2,78,92)(H,80,82,93)(H,81,83,94)/b9-8+,56-41-,76-48?. The average Bonchev–Trinajstić information content (AvgIpc) is 1.63. The van der Waals surface area contributed by atoms with Crippen LogP contribution in [0.25, 0.3) is 22.1 Å². The quantitative estimate of drug-likeness (QED) is 0.00458. The predicted octanol–water partition coefficient (Wildman–Crippen LogP) is 4.05. The van der Waals surface area contributed by atoms with Crippen molar-refractivity contribution in [1.82, 2.24) is 44.0 Å². The van der Waals surface area contributed by atoms with E-state index in [0.717, 1.165) is 39.3 Å². The van der Waals surface area contributed by atoms with Gasteiger partial charge in [-0.1, -0.05) is 12.2 Å². The number of nitrogens with one attached hydrogen (secondary N) is 4. The number of carbonyl (C=O) groups excluding carboxylic acids is 5. The Morgan fingerprint density at radius 2 is 1.03 bits per heavy atom. The number of aryl methyl sites for hydroxylation is 2. The number of piperazine rings is 1. The lowest BCUT2D eigenvalue weighted by Gasteiger charge is -2.34. The molecule has 4 amide bonds. The number of benzene rings is 3. The Kier molecular flexibility index (Phi) is 36.8. The van der Waals surface area contributed by atoms with E-state index in [4.69, 9.17) is 73.7 Å². The van der Waals surface area contributed by atoms with E-state index in [1.165, 1.54) is 19.3 Å². The molecule has 0 spiro atoms. The highest BCUT2D eigenvalue weighted by Crippen LogP contribution is 2.30. The number of carbonyl (C=O) groups is 5. The fourth-order valence-corrected chi connectivity index (χ4v) is 10.8. The normalized spacial score (nSPS) is 13.4. The first-order chi connectivity index (χ1) is 51.8. The van der Waals surface area contributed by atoms with E-state index in [1.807, 2.05) is 26.0 Å². The Hall–Kier alpha value is -9.05. The molecule has 0 unspecified atom stereocenters. The number of nitrogens with two attached hydrogens (primary N) is 2. The van der Waals surface area contributed by atoms with Gasteiger partial charge in [0, 0.05) is 88.4 Å². The summed E-state index contributed by atoms with van der Waals surface area (Å²) in [5.74, 6) is -11.5. The van der Waals surface area contributed by atoms with Gasteiger partial charge >= 0.3 is 5.97 Å². The highest BCUT2D eigenvalue weighted by Gasteiger charge is 2.25. The number of aromatic amines is 2. The second kappa shape index (κ2) is 46.2. The van der Waals surface area contributed by atoms with Crippen LogP contribution in [0.3, 0.4) is 0 Å². The molecule has 36 heteroatoms. The number of nitrogens with zero attached hydrogens (tertiary/aromatic N) is 8. The van der Waals surface area contributed by atoms with Crippen LogP contribution in [0, 0.1) is 35.6 Å². The molecule has 1 saturated heterocycles. The van der Waals surface area contributed by atoms with E-state index in [2.05, 4.69) is 44.9 Å². The fourth-order valence-electron chi connectivity index (χ4n) is 10.8. The van der Waals surface area contributed by atoms with Gasteiger partial charge in [-0.3, -0.25) is 33.6 Å². The van der Waals surface area contributed by atoms with Crippen LogP contribution in [0.5, 0.6) is 17.2 Å². The van der Waals surface area contributed by atoms with Crippen LogP contribution >= 0.6 is 0 Å². The van der Waals surface area contributed by atoms with Crippen LogP contribution in [-0.2, 0) is 76.6 Å². The lowest BCUT2D eigenvalue weighted by Crippen LogP contribution is -2.47. The van der Waals surface area contributed by atoms with Gasteiger partial charge in [0.05, 0.1) is 169 Å². The number of primary amides is 2. The molecule has 1 fully saturated rings. The zero-order valence-corrected chi connectivity index (χ0v) is 61.1. The maximum Gasteiger partial charge on any atom is 0.313 e. The summed E-state index contributed by atoms with van der Waals surface area (Å²) < 4.78 is 131. The van der Waals surface area contributed by atoms with E-state index in [-0.39, 0.29) is 97.4 Å². The molecule has 1 aliphatic heterocycles. The minimum atomic E-state index is -1.81. The third-order valence-corrected chi connectivity index (χ3v) is 16.0. The largest absolute Gasteiger partial charge is 0.494 e. The van der Waals surface area contributed by atoms with E-state index in [9.17, 15) is 41.5 Å². The Morgan fingerprint density at radius 3 is 1.48 bits per heavy atom. The van der Waals surface area contributed by atoms with Gasteiger partial charge in [-0.15, -0.1) is 0 Å². The van der Waals surface area contributed by atoms with Gasteiger partial charge in [0.2, 0.25) is 40.4 Å². The topological polar surface area (TPSA) is 384 Å². The summed E-state index contributed by atoms with van der Waals surface area (Å²) in [5, 5.41) is 15.4. The Balaban J connectivity index is 0.735. The first-order valence-electron chi connectivity index (χ1n) is 35.2. The Bertz CT molecular complexity index is 4060. The Labute approximate surface area is 615 Å². The van der Waals surface area contributed by atoms with Gasteiger partial charge in [0.25, 0.3) is 11.8 Å². The first kappa shape index (κ1) is 85.2. The van der Waals surface area contributed by atoms with Crippen molar-refractivity contribution in [2.45, 2.75) is 60.2 Å². The van der Waals surface area contributed by atoms with Crippen molar-refractivity contribution in [3.63, 3.8) is 0 Å². The van der Waals surface area contributed by atoms with Gasteiger partial charge < -0.3 is 108 Å². The van der Waals surface area contributed by atoms with Crippen molar-refractivity contribution >= 4 is 57.4 Å². The third-order valence-electron chi connectivity index (χ3n) is 16.0. The second-order valence-corrected chi connectivity index (χ2v) is 23.9. The number of fused-ring (bicyclic) bond motifs is 2. The van der Waals surface area contributed by atoms with E-state index >= 15 is 0 Å². The summed E-state index contributed by atoms with van der Waals surface area (Å²) in [5.41, 5.74) is 15.2. The molecule has 0 aliphatic carbocycles. The van der Waals surface area contributed by atoms with E-state index < -0.39 is 65.0 Å². The number of amides is 4. The molecule has 3 aromatic carbocycles. The van der Waals surface area contributed by atoms with Gasteiger partial charge in [-0.05, 0) is 70.5 Å². The smallest absolute Gasteiger partial charge is 0.313 e. The first-order valence-corrected chi connectivity index (χ1v) is 35.2. The number of hydrogen-bond acceptors (Lipinski definition) is 23. The minimum Gasteiger partial charge on any atom is -0.494 e. The molecule has 3 aromatic heterocycles. The molecule has 0 bridgehead atoms. The lowest BCUT2D eigenvalue weighted by molar-refractivity contribution is -0.136. The van der Waals surface area contributed by atoms with Crippen molar-refractivity contribution in [1.29, 1.82) is 5.41 Å². The zero-order chi connectivity index (χ0) is 76.9. The number of allylic oxidation sites excluding steroid dienone is 3. The number of rotatable bonds is 52. The van der Waals surface area contributed by atoms with Crippen molar-refractivity contribution in [3.05, 3.63) is 117 Å². The number of methoxy groups -OCH3 is 1. The van der Waals surface area contributed by atoms with Crippen LogP contribution in [0.1, 0.15) is 70.5 Å². The molecule has 32 nitrogen and oxygen atoms in total. The van der Waals surface area contributed by atoms with Crippen LogP contribution in [0.4, 0.5) is 17.6 Å². The summed E-state index contributed by atoms with van der Waals surface area (Å²) in [6.45, 7) is 20.4. The number of hydrogen-bond donors (Lipinski definition) is 6. The summed E-state index contributed by atoms with van der Waals surface area (Å²) in [6.07, 6.45) is 5.28. The van der Waals surface area contributed by atoms with Crippen LogP contribution in [0.15, 0.2) is 70.3 Å². The molecule has 6 aromatic rings. The lowest BCUT2D eigenvalue weighted by atomic mass is 10.1. The fraction of sp³-hybridized carbons (Fsp3) is 0.535. The van der Waals surface area contributed by atoms with Crippen LogP contribution < -0.4 is 42.2 Å². The van der Waals surface area contributed by atoms with Crippen molar-refractivity contribution in [2.75, 3.05) is 192 Å². The van der Waals surface area contributed by atoms with E-state index in [0.29, 0.717) is 159 Å². The van der Waals surface area contributed by atoms with Crippen molar-refractivity contribution in [3.8, 4) is 17.2 Å². The molecular formula is C71H98F4N14O18. The molecule has 0 atom stereocenters. The molecule has 588 valence electrons. The molecule has 7 rings (SSSR count). The highest BCUT2D eigenvalue weighted by atomic mass is 19.2. The number of H-pyrrole nitrogens is 2. The number of halogens is 4. The number of imidazole rings is 2. The van der Waals surface area contributed by atoms with Crippen molar-refractivity contribution in [2.24, 2.45) is 21.5 Å². The molecular weight excluding hydrogens is 1410 g/mol. The average molecular weight is 1510 g/mol. The van der Waals surface area contributed by atoms with Crippen LogP contribution in [-0.4, -0.2) is 266 Å². The minimum absolute atomic E-state index is 0.0126. The SMILES string of the molecule is CCN/C(=C\C(C)=N)C(=O)/N=c1\[nH]c2cc(C(N)=O)cc(OC)c2n1C/C=C/Cn1/c(=N/C(=O)c2cc(C)nn2CC)[nH]c2cc(C(N)=O)cc(OCCCN3CCN(CCOCCOCCOCCOCCOCCOCCOCCOCCOCCOCCC(=O)Oc4c(F)c(F)cc(F)c4F)CC3)c21. The molecule has 8 N–H and O–H groups in total. The number of aromatic nitrogens is 6. The number of likely N-dealkylation sites (N-methyl/N-ethyl adjacent to an activating group) is 1. The van der Waals surface area contributed by atoms with E-state index in [1.54, 1.807) is 51.9 Å². The second-order valence-electron chi connectivity index (χ2n) is 23.9. The van der Waals surface area contributed by atoms with Crippen molar-refractivity contribution < 1.29 is 103 Å². The highest BCUT2D eigenvalue weighted by molar-refractivity contribution is 6.02. The molecule has 107 heavy (non-hydrogen) atoms. The zero-order valence-electron chi connectivity index (χ0n) is 61.1. The molecule has 0 radical (unpaired) electrons. The maximum absolute atomic E-state index is 14.0. The summed E-state index contributed by atoms with van der Waals surface area (Å²) in [7, 11) is 1.44. The number of esters is 1. The van der Waals surface area contributed by atoms with Gasteiger partial charge in [0.1, 0.15) is 33.9 Å². The molecule has 1 aliphatic rings. The molecule has 4 heterocycles. The maximum atomic E-state index is 14.0. The van der Waals surface area contributed by atoms with Gasteiger partial charge in [-0.25, -0.2) is 8.78 Å². The predicted molar refractivity (Wildman–Crippen MR) is 381 cm³/mol. The van der Waals surface area contributed by atoms with Gasteiger partial charge in [-0.2, -0.15) is 23.9 Å².